The van der Waals surface area contributed by atoms with E-state index in [2.05, 4.69) is 204 Å². The summed E-state index contributed by atoms with van der Waals surface area (Å²) >= 11 is 0. The number of hydrogen-bond donors (Lipinski definition) is 1. The molecule has 2 atom stereocenters. The molecule has 0 amide bonds. The lowest BCUT2D eigenvalue weighted by molar-refractivity contribution is 0.152. The van der Waals surface area contributed by atoms with Crippen LogP contribution in [0.4, 0.5) is 0 Å². The van der Waals surface area contributed by atoms with E-state index >= 15 is 0 Å². The van der Waals surface area contributed by atoms with E-state index in [0.717, 1.165) is 83.4 Å². The minimum atomic E-state index is -0.171. The molecule has 10 aromatic rings. The van der Waals surface area contributed by atoms with E-state index in [9.17, 15) is 0 Å². The van der Waals surface area contributed by atoms with Crippen molar-refractivity contribution in [3.05, 3.63) is 223 Å². The Morgan fingerprint density at radius 2 is 0.967 bits per heavy atom. The van der Waals surface area contributed by atoms with Crippen molar-refractivity contribution in [2.75, 3.05) is 7.05 Å². The van der Waals surface area contributed by atoms with Crippen LogP contribution in [0, 0.1) is 0 Å². The van der Waals surface area contributed by atoms with Gasteiger partial charge >= 0.3 is 0 Å². The number of imidazole rings is 1. The van der Waals surface area contributed by atoms with Crippen LogP contribution in [0.15, 0.2) is 211 Å². The maximum absolute atomic E-state index is 5.35. The van der Waals surface area contributed by atoms with Gasteiger partial charge < -0.3 is 5.32 Å². The minimum Gasteiger partial charge on any atom is -0.350 e. The first-order chi connectivity index (χ1) is 29.7. The first kappa shape index (κ1) is 35.5. The Bertz CT molecular complexity index is 3160. The van der Waals surface area contributed by atoms with Gasteiger partial charge in [-0.3, -0.25) is 14.5 Å². The van der Waals surface area contributed by atoms with Crippen molar-refractivity contribution in [2.45, 2.75) is 12.3 Å². The molecular weight excluding hydrogens is 733 g/mol. The third-order valence-corrected chi connectivity index (χ3v) is 11.8. The molecule has 0 saturated carbocycles. The van der Waals surface area contributed by atoms with Crippen molar-refractivity contribution in [1.82, 2.24) is 24.8 Å². The second-order valence-corrected chi connectivity index (χ2v) is 15.4. The molecule has 6 heteroatoms. The predicted molar refractivity (Wildman–Crippen MR) is 246 cm³/mol. The number of nitrogens with one attached hydrogen (secondary N) is 1. The van der Waals surface area contributed by atoms with E-state index in [1.54, 1.807) is 0 Å². The first-order valence-corrected chi connectivity index (χ1v) is 20.4. The molecule has 0 saturated heterocycles. The van der Waals surface area contributed by atoms with Crippen LogP contribution < -0.4 is 5.32 Å². The van der Waals surface area contributed by atoms with Gasteiger partial charge in [-0.05, 0) is 64.7 Å². The number of fused-ring (bicyclic) bond motifs is 6. The average Bonchev–Trinajstić information content (AvgIpc) is 3.74. The number of aliphatic imine (C=N–C) groups is 1. The summed E-state index contributed by atoms with van der Waals surface area (Å²) in [5, 5.41) is 7.07. The molecule has 1 aliphatic rings. The number of aromatic nitrogens is 3. The van der Waals surface area contributed by atoms with Crippen LogP contribution >= 0.6 is 0 Å². The second-order valence-electron chi connectivity index (χ2n) is 15.4. The second kappa shape index (κ2) is 14.9. The zero-order valence-electron chi connectivity index (χ0n) is 33.0. The molecule has 0 fully saturated rings. The van der Waals surface area contributed by atoms with Crippen LogP contribution in [0.1, 0.15) is 29.0 Å². The summed E-state index contributed by atoms with van der Waals surface area (Å²) in [4.78, 5) is 17.8. The molecule has 0 aliphatic carbocycles. The molecule has 2 unspecified atom stereocenters. The highest BCUT2D eigenvalue weighted by molar-refractivity contribution is 6.23. The van der Waals surface area contributed by atoms with Gasteiger partial charge in [0.1, 0.15) is 24.0 Å². The van der Waals surface area contributed by atoms with Gasteiger partial charge in [0.2, 0.25) is 0 Å². The summed E-state index contributed by atoms with van der Waals surface area (Å²) in [5.41, 5.74) is 13.2. The predicted octanol–water partition coefficient (Wildman–Crippen LogP) is 12.4. The first-order valence-electron chi connectivity index (χ1n) is 20.4. The van der Waals surface area contributed by atoms with Gasteiger partial charge in [-0.2, -0.15) is 0 Å². The van der Waals surface area contributed by atoms with Crippen LogP contribution in [0.2, 0.25) is 0 Å². The number of hydrogen-bond acceptors (Lipinski definition) is 5. The van der Waals surface area contributed by atoms with E-state index in [-0.39, 0.29) is 12.3 Å². The van der Waals surface area contributed by atoms with Crippen molar-refractivity contribution >= 4 is 38.5 Å². The molecule has 8 aromatic carbocycles. The fourth-order valence-electron chi connectivity index (χ4n) is 8.74. The molecule has 11 rings (SSSR count). The highest BCUT2D eigenvalue weighted by atomic mass is 15.4. The van der Waals surface area contributed by atoms with Gasteiger partial charge in [0, 0.05) is 39.2 Å². The van der Waals surface area contributed by atoms with E-state index in [1.165, 1.54) is 11.1 Å². The molecule has 1 N–H and O–H groups in total. The van der Waals surface area contributed by atoms with Crippen molar-refractivity contribution in [1.29, 1.82) is 0 Å². The van der Waals surface area contributed by atoms with Crippen LogP contribution in [0.5, 0.6) is 0 Å². The third kappa shape index (κ3) is 6.22. The summed E-state index contributed by atoms with van der Waals surface area (Å²) in [7, 11) is 2.15. The summed E-state index contributed by atoms with van der Waals surface area (Å²) in [5.74, 6) is 1.78. The molecule has 286 valence electrons. The Balaban J connectivity index is 0.940. The number of nitrogens with zero attached hydrogens (tertiary/aromatic N) is 5. The fraction of sp³-hybridized carbons (Fsp3) is 0.0556. The van der Waals surface area contributed by atoms with E-state index < -0.39 is 0 Å². The Kier molecular flexibility index (Phi) is 8.83. The summed E-state index contributed by atoms with van der Waals surface area (Å²) in [6, 6.07) is 70.7. The van der Waals surface area contributed by atoms with E-state index in [4.69, 9.17) is 15.0 Å². The number of amidine groups is 1. The lowest BCUT2D eigenvalue weighted by Gasteiger charge is -2.39. The highest BCUT2D eigenvalue weighted by Gasteiger charge is 2.31. The zero-order valence-corrected chi connectivity index (χ0v) is 33.0. The molecule has 2 aromatic heterocycles. The summed E-state index contributed by atoms with van der Waals surface area (Å²) in [6.45, 7) is 0. The maximum atomic E-state index is 5.35. The van der Waals surface area contributed by atoms with Crippen LogP contribution in [-0.2, 0) is 0 Å². The van der Waals surface area contributed by atoms with Gasteiger partial charge in [-0.1, -0.05) is 176 Å². The molecular formula is C54H40N6. The molecule has 0 spiro atoms. The lowest BCUT2D eigenvalue weighted by Crippen LogP contribution is -2.45. The van der Waals surface area contributed by atoms with Gasteiger partial charge in [-0.25, -0.2) is 9.98 Å². The van der Waals surface area contributed by atoms with E-state index in [1.807, 2.05) is 24.4 Å². The molecule has 6 nitrogen and oxygen atoms in total. The van der Waals surface area contributed by atoms with Crippen molar-refractivity contribution in [2.24, 2.45) is 4.99 Å². The maximum Gasteiger partial charge on any atom is 0.145 e. The topological polar surface area (TPSA) is 58.3 Å². The Morgan fingerprint density at radius 1 is 0.450 bits per heavy atom. The fourth-order valence-corrected chi connectivity index (χ4v) is 8.74. The molecule has 1 aliphatic heterocycles. The molecule has 60 heavy (non-hydrogen) atoms. The van der Waals surface area contributed by atoms with Crippen molar-refractivity contribution in [3.8, 4) is 39.3 Å². The van der Waals surface area contributed by atoms with Crippen molar-refractivity contribution < 1.29 is 0 Å². The SMILES string of the molecule is CN1C(c2ccc(-c3ccccc3)cc2)N=C(c2ccccc2)NC1c1ccc(-c2ccc(-n3c(-c4ccccc4)nc4c5cccnc5c5ccccc5c43)cc2)cc1. The Labute approximate surface area is 348 Å². The Morgan fingerprint density at radius 3 is 1.62 bits per heavy atom. The smallest absolute Gasteiger partial charge is 0.145 e. The Hall–Kier alpha value is -7.67. The van der Waals surface area contributed by atoms with Crippen LogP contribution in [0.25, 0.3) is 72.0 Å². The van der Waals surface area contributed by atoms with E-state index in [0.29, 0.717) is 0 Å². The summed E-state index contributed by atoms with van der Waals surface area (Å²) in [6.07, 6.45) is 1.60. The molecule has 0 bridgehead atoms. The number of benzene rings is 8. The minimum absolute atomic E-state index is 0.0973. The monoisotopic (exact) mass is 772 g/mol. The van der Waals surface area contributed by atoms with Gasteiger partial charge in [-0.15, -0.1) is 0 Å². The normalized spacial score (nSPS) is 15.6. The van der Waals surface area contributed by atoms with Crippen molar-refractivity contribution in [3.63, 3.8) is 0 Å². The molecule has 0 radical (unpaired) electrons. The standard InChI is InChI=1S/C54H40N6/c1-59-52(42-27-23-37(24-28-42)36-14-5-2-6-15-36)57-51(40-16-7-3-8-17-40)58-53(59)43-29-25-38(26-30-43)39-31-33-44(34-32-39)60-50-46-21-12-11-20-45(46)48-47(22-13-35-55-48)49(50)56-54(60)41-18-9-4-10-19-41/h2-35,52-53H,1H3,(H,57,58). The van der Waals surface area contributed by atoms with Gasteiger partial charge in [0.05, 0.1) is 16.6 Å². The quantitative estimate of drug-likeness (QED) is 0.164. The summed E-state index contributed by atoms with van der Waals surface area (Å²) < 4.78 is 2.31. The van der Waals surface area contributed by atoms with Crippen LogP contribution in [-0.4, -0.2) is 32.3 Å². The number of pyridine rings is 1. The largest absolute Gasteiger partial charge is 0.350 e. The van der Waals surface area contributed by atoms with Crippen LogP contribution in [0.3, 0.4) is 0 Å². The average molecular weight is 773 g/mol. The van der Waals surface area contributed by atoms with Gasteiger partial charge in [0.15, 0.2) is 0 Å². The third-order valence-electron chi connectivity index (χ3n) is 11.8. The lowest BCUT2D eigenvalue weighted by atomic mass is 9.99. The zero-order chi connectivity index (χ0) is 40.0. The highest BCUT2D eigenvalue weighted by Crippen LogP contribution is 2.39. The van der Waals surface area contributed by atoms with Gasteiger partial charge in [0.25, 0.3) is 0 Å². The number of rotatable bonds is 7. The molecule has 3 heterocycles.